The first kappa shape index (κ1) is 12.4. The molecule has 0 aromatic heterocycles. The molecule has 14 heavy (non-hydrogen) atoms. The van der Waals surface area contributed by atoms with Gasteiger partial charge in [-0.3, -0.25) is 4.79 Å². The van der Waals surface area contributed by atoms with Crippen molar-refractivity contribution in [3.8, 4) is 0 Å². The maximum absolute atomic E-state index is 12.0. The number of ketones is 1. The molecule has 75 valence electrons. The van der Waals surface area contributed by atoms with E-state index in [0.717, 1.165) is 0 Å². The first-order valence-electron chi connectivity index (χ1n) is 4.13. The van der Waals surface area contributed by atoms with Crippen molar-refractivity contribution in [2.75, 3.05) is 0 Å². The zero-order valence-corrected chi connectivity index (χ0v) is 10.1. The summed E-state index contributed by atoms with van der Waals surface area (Å²) in [6.07, 6.45) is 1.09. The van der Waals surface area contributed by atoms with Crippen LogP contribution in [0.5, 0.6) is 0 Å². The molecule has 0 N–H and O–H groups in total. The maximum atomic E-state index is 12.0. The SMILES string of the molecule is O=C(C1[CH-]C2C=CC1C2)C(F)(F)F.[Y]. The zero-order chi connectivity index (χ0) is 9.64. The van der Waals surface area contributed by atoms with Gasteiger partial charge in [-0.25, -0.2) is 0 Å². The molecule has 2 aliphatic carbocycles. The van der Waals surface area contributed by atoms with E-state index in [1.54, 1.807) is 6.08 Å². The summed E-state index contributed by atoms with van der Waals surface area (Å²) in [4.78, 5) is 10.9. The van der Waals surface area contributed by atoms with Crippen molar-refractivity contribution in [1.82, 2.24) is 0 Å². The van der Waals surface area contributed by atoms with Gasteiger partial charge in [0.2, 0.25) is 5.78 Å². The van der Waals surface area contributed by atoms with Crippen LogP contribution in [0.2, 0.25) is 0 Å². The fraction of sp³-hybridized carbons (Fsp3) is 0.556. The van der Waals surface area contributed by atoms with Crippen molar-refractivity contribution in [1.29, 1.82) is 0 Å². The van der Waals surface area contributed by atoms with Gasteiger partial charge in [0.05, 0.1) is 0 Å². The number of carbonyl (C=O) groups excluding carboxylic acids is 1. The molecule has 1 radical (unpaired) electrons. The Morgan fingerprint density at radius 3 is 2.36 bits per heavy atom. The zero-order valence-electron chi connectivity index (χ0n) is 7.29. The van der Waals surface area contributed by atoms with Crippen LogP contribution in [-0.2, 0) is 37.5 Å². The minimum absolute atomic E-state index is 0. The Labute approximate surface area is 105 Å². The second-order valence-corrected chi connectivity index (χ2v) is 3.53. The van der Waals surface area contributed by atoms with Crippen LogP contribution in [0.1, 0.15) is 6.42 Å². The predicted octanol–water partition coefficient (Wildman–Crippen LogP) is 2.14. The standard InChI is InChI=1S/C9H8F3O.Y/c10-9(11,12)8(13)7-4-5-1-2-6(7)3-5;/h1-2,4-7H,3H2;/q-1;. The van der Waals surface area contributed by atoms with E-state index < -0.39 is 17.9 Å². The summed E-state index contributed by atoms with van der Waals surface area (Å²) < 4.78 is 36.1. The van der Waals surface area contributed by atoms with Gasteiger partial charge in [0, 0.05) is 32.7 Å². The van der Waals surface area contributed by atoms with Crippen LogP contribution in [0.25, 0.3) is 0 Å². The van der Waals surface area contributed by atoms with E-state index in [9.17, 15) is 18.0 Å². The number of Topliss-reactive ketones (excluding diaryl/α,β-unsaturated/α-hetero) is 1. The summed E-state index contributed by atoms with van der Waals surface area (Å²) >= 11 is 0. The fourth-order valence-corrected chi connectivity index (χ4v) is 2.05. The van der Waals surface area contributed by atoms with Crippen molar-refractivity contribution in [2.45, 2.75) is 12.6 Å². The summed E-state index contributed by atoms with van der Waals surface area (Å²) in [6.45, 7) is 0. The van der Waals surface area contributed by atoms with Crippen molar-refractivity contribution in [2.24, 2.45) is 17.8 Å². The van der Waals surface area contributed by atoms with E-state index in [0.29, 0.717) is 6.42 Å². The van der Waals surface area contributed by atoms with Gasteiger partial charge in [0.25, 0.3) is 0 Å². The molecule has 1 nitrogen and oxygen atoms in total. The quantitative estimate of drug-likeness (QED) is 0.530. The van der Waals surface area contributed by atoms with Crippen molar-refractivity contribution in [3.05, 3.63) is 18.6 Å². The van der Waals surface area contributed by atoms with E-state index in [4.69, 9.17) is 0 Å². The number of allylic oxidation sites excluding steroid dienone is 2. The van der Waals surface area contributed by atoms with E-state index in [-0.39, 0.29) is 44.5 Å². The number of halogens is 3. The molecule has 0 aliphatic heterocycles. The Morgan fingerprint density at radius 1 is 1.36 bits per heavy atom. The Hall–Kier alpha value is 0.304. The minimum atomic E-state index is -4.68. The average molecular weight is 278 g/mol. The second-order valence-electron chi connectivity index (χ2n) is 3.53. The van der Waals surface area contributed by atoms with Crippen LogP contribution in [0.3, 0.4) is 0 Å². The number of hydrogen-bond acceptors (Lipinski definition) is 1. The van der Waals surface area contributed by atoms with Gasteiger partial charge in [0.1, 0.15) is 0 Å². The van der Waals surface area contributed by atoms with Crippen LogP contribution in [0, 0.1) is 24.2 Å². The molecule has 1 saturated carbocycles. The van der Waals surface area contributed by atoms with Crippen LogP contribution in [-0.4, -0.2) is 12.0 Å². The smallest absolute Gasteiger partial charge is 0.311 e. The van der Waals surface area contributed by atoms with Gasteiger partial charge in [-0.2, -0.15) is 13.2 Å². The first-order valence-corrected chi connectivity index (χ1v) is 4.13. The molecule has 0 amide bonds. The number of alkyl halides is 3. The monoisotopic (exact) mass is 278 g/mol. The predicted molar refractivity (Wildman–Crippen MR) is 39.6 cm³/mol. The molecule has 5 heteroatoms. The van der Waals surface area contributed by atoms with Gasteiger partial charge in [0.15, 0.2) is 0 Å². The van der Waals surface area contributed by atoms with Crippen molar-refractivity contribution in [3.63, 3.8) is 0 Å². The normalized spacial score (nSPS) is 34.4. The minimum Gasteiger partial charge on any atom is -0.311 e. The third-order valence-electron chi connectivity index (χ3n) is 2.65. The van der Waals surface area contributed by atoms with Crippen molar-refractivity contribution >= 4 is 5.78 Å². The molecule has 0 heterocycles. The van der Waals surface area contributed by atoms with Crippen LogP contribution < -0.4 is 0 Å². The molecule has 0 aromatic rings. The van der Waals surface area contributed by atoms with Crippen LogP contribution in [0.4, 0.5) is 13.2 Å². The fourth-order valence-electron chi connectivity index (χ4n) is 2.05. The molecule has 2 aliphatic rings. The average Bonchev–Trinajstić information content (AvgIpc) is 2.60. The summed E-state index contributed by atoms with van der Waals surface area (Å²) in [6, 6.07) is 0. The third-order valence-corrected chi connectivity index (χ3v) is 2.65. The van der Waals surface area contributed by atoms with Gasteiger partial charge < -0.3 is 6.42 Å². The molecule has 0 spiro atoms. The number of fused-ring (bicyclic) bond motifs is 2. The molecule has 0 saturated heterocycles. The molecule has 0 aromatic carbocycles. The molecule has 2 rings (SSSR count). The Bertz CT molecular complexity index is 272. The number of hydrogen-bond donors (Lipinski definition) is 0. The Kier molecular flexibility index (Phi) is 3.58. The Balaban J connectivity index is 0.000000980. The summed E-state index contributed by atoms with van der Waals surface area (Å²) in [5.74, 6) is -2.64. The molecular formula is C9H8F3OY-. The first-order chi connectivity index (χ1) is 5.98. The largest absolute Gasteiger partial charge is 0.447 e. The summed E-state index contributed by atoms with van der Waals surface area (Å²) in [5.41, 5.74) is 0. The number of carbonyl (C=O) groups is 1. The Morgan fingerprint density at radius 2 is 2.00 bits per heavy atom. The molecule has 1 fully saturated rings. The third kappa shape index (κ3) is 2.11. The van der Waals surface area contributed by atoms with E-state index in [2.05, 4.69) is 0 Å². The van der Waals surface area contributed by atoms with E-state index in [1.165, 1.54) is 6.42 Å². The number of rotatable bonds is 1. The van der Waals surface area contributed by atoms with Crippen LogP contribution >= 0.6 is 0 Å². The van der Waals surface area contributed by atoms with Gasteiger partial charge in [-0.05, 0) is 5.92 Å². The molecule has 2 bridgehead atoms. The molecule has 3 atom stereocenters. The maximum Gasteiger partial charge on any atom is 0.447 e. The summed E-state index contributed by atoms with van der Waals surface area (Å²) in [7, 11) is 0. The van der Waals surface area contributed by atoms with E-state index in [1.807, 2.05) is 6.08 Å². The summed E-state index contributed by atoms with van der Waals surface area (Å²) in [5, 5.41) is 0. The second kappa shape index (κ2) is 4.05. The van der Waals surface area contributed by atoms with Gasteiger partial charge in [-0.1, -0.05) is 18.4 Å². The van der Waals surface area contributed by atoms with E-state index >= 15 is 0 Å². The molecule has 3 unspecified atom stereocenters. The van der Waals surface area contributed by atoms with Crippen LogP contribution in [0.15, 0.2) is 12.2 Å². The van der Waals surface area contributed by atoms with Crippen molar-refractivity contribution < 1.29 is 50.7 Å². The topological polar surface area (TPSA) is 17.1 Å². The van der Waals surface area contributed by atoms with Gasteiger partial charge in [-0.15, -0.1) is 12.0 Å². The van der Waals surface area contributed by atoms with Gasteiger partial charge >= 0.3 is 6.18 Å². The molecular weight excluding hydrogens is 270 g/mol.